The van der Waals surface area contributed by atoms with E-state index in [4.69, 9.17) is 10.1 Å². The maximum absolute atomic E-state index is 7.89. The molecule has 1 aliphatic heterocycles. The van der Waals surface area contributed by atoms with E-state index in [9.17, 15) is 0 Å². The second-order valence-electron chi connectivity index (χ2n) is 4.18. The zero-order chi connectivity index (χ0) is 9.54. The van der Waals surface area contributed by atoms with E-state index < -0.39 is 0 Å². The van der Waals surface area contributed by atoms with Crippen molar-refractivity contribution in [2.24, 2.45) is 5.92 Å². The summed E-state index contributed by atoms with van der Waals surface area (Å²) < 4.78 is 7.55. The smallest absolute Gasteiger partial charge is 0.182 e. The molecule has 1 N–H and O–H groups in total. The number of rotatable bonds is 2. The summed E-state index contributed by atoms with van der Waals surface area (Å²) in [5.41, 5.74) is 1.27. The molecule has 0 amide bonds. The van der Waals surface area contributed by atoms with Crippen molar-refractivity contribution in [3.05, 3.63) is 15.4 Å². The lowest BCUT2D eigenvalue weighted by Crippen LogP contribution is -2.25. The molecule has 76 valence electrons. The number of ether oxygens (including phenoxy) is 1. The molecule has 1 aliphatic carbocycles. The van der Waals surface area contributed by atoms with E-state index in [0.29, 0.717) is 4.80 Å². The van der Waals surface area contributed by atoms with Gasteiger partial charge in [-0.1, -0.05) is 17.8 Å². The van der Waals surface area contributed by atoms with Crippen LogP contribution >= 0.6 is 11.3 Å². The summed E-state index contributed by atoms with van der Waals surface area (Å²) in [6, 6.07) is 0. The molecule has 3 rings (SSSR count). The van der Waals surface area contributed by atoms with Gasteiger partial charge in [-0.05, 0) is 18.8 Å². The molecule has 1 fully saturated rings. The maximum atomic E-state index is 7.89. The third-order valence-corrected chi connectivity index (χ3v) is 4.26. The van der Waals surface area contributed by atoms with Crippen LogP contribution in [0.25, 0.3) is 0 Å². The van der Waals surface area contributed by atoms with Crippen molar-refractivity contribution in [1.82, 2.24) is 4.57 Å². The minimum atomic E-state index is 0.713. The molecule has 2 aliphatic rings. The predicted octanol–water partition coefficient (Wildman–Crippen LogP) is 1.86. The Morgan fingerprint density at radius 2 is 2.29 bits per heavy atom. The van der Waals surface area contributed by atoms with Gasteiger partial charge in [0.05, 0.1) is 23.8 Å². The minimum Gasteiger partial charge on any atom is -0.370 e. The SMILES string of the molecule is N=c1sc2c(n1CC1CCC1)COC2. The van der Waals surface area contributed by atoms with E-state index in [-0.39, 0.29) is 0 Å². The molecule has 0 unspecified atom stereocenters. The number of nitrogens with one attached hydrogen (secondary N) is 1. The topological polar surface area (TPSA) is 38.0 Å². The van der Waals surface area contributed by atoms with Crippen molar-refractivity contribution >= 4 is 11.3 Å². The molecule has 2 heterocycles. The lowest BCUT2D eigenvalue weighted by molar-refractivity contribution is 0.130. The Labute approximate surface area is 86.8 Å². The quantitative estimate of drug-likeness (QED) is 0.795. The largest absolute Gasteiger partial charge is 0.370 e. The molecule has 4 heteroatoms. The van der Waals surface area contributed by atoms with Crippen molar-refractivity contribution in [3.63, 3.8) is 0 Å². The Balaban J connectivity index is 1.91. The molecule has 1 aromatic heterocycles. The number of aromatic nitrogens is 1. The average Bonchev–Trinajstić information content (AvgIpc) is 2.59. The van der Waals surface area contributed by atoms with E-state index in [1.807, 2.05) is 0 Å². The van der Waals surface area contributed by atoms with Gasteiger partial charge in [-0.25, -0.2) is 0 Å². The van der Waals surface area contributed by atoms with Gasteiger partial charge >= 0.3 is 0 Å². The molecule has 14 heavy (non-hydrogen) atoms. The summed E-state index contributed by atoms with van der Waals surface area (Å²) in [5, 5.41) is 7.89. The fourth-order valence-corrected chi connectivity index (χ4v) is 3.10. The molecule has 0 saturated heterocycles. The van der Waals surface area contributed by atoms with Crippen LogP contribution in [0.15, 0.2) is 0 Å². The Morgan fingerprint density at radius 3 is 3.00 bits per heavy atom. The van der Waals surface area contributed by atoms with Gasteiger partial charge in [-0.2, -0.15) is 0 Å². The maximum Gasteiger partial charge on any atom is 0.182 e. The van der Waals surface area contributed by atoms with Gasteiger partial charge in [0.25, 0.3) is 0 Å². The highest BCUT2D eigenvalue weighted by Gasteiger charge is 2.23. The fraction of sp³-hybridized carbons (Fsp3) is 0.700. The molecule has 0 aromatic carbocycles. The van der Waals surface area contributed by atoms with Gasteiger partial charge in [0.15, 0.2) is 4.80 Å². The van der Waals surface area contributed by atoms with Crippen LogP contribution in [0.1, 0.15) is 29.8 Å². The number of nitrogens with zero attached hydrogens (tertiary/aromatic N) is 1. The van der Waals surface area contributed by atoms with Crippen LogP contribution in [0.2, 0.25) is 0 Å². The fourth-order valence-electron chi connectivity index (χ4n) is 2.14. The Morgan fingerprint density at radius 1 is 1.43 bits per heavy atom. The van der Waals surface area contributed by atoms with Gasteiger partial charge in [-0.15, -0.1) is 0 Å². The summed E-state index contributed by atoms with van der Waals surface area (Å²) in [6.45, 7) is 2.50. The number of thiazole rings is 1. The summed E-state index contributed by atoms with van der Waals surface area (Å²) >= 11 is 1.58. The van der Waals surface area contributed by atoms with Crippen LogP contribution in [0.3, 0.4) is 0 Å². The van der Waals surface area contributed by atoms with Crippen LogP contribution in [0, 0.1) is 11.3 Å². The highest BCUT2D eigenvalue weighted by molar-refractivity contribution is 7.09. The molecular formula is C10H14N2OS. The molecule has 0 bridgehead atoms. The molecule has 3 nitrogen and oxygen atoms in total. The van der Waals surface area contributed by atoms with E-state index in [2.05, 4.69) is 4.57 Å². The molecule has 1 saturated carbocycles. The van der Waals surface area contributed by atoms with E-state index in [1.165, 1.54) is 29.8 Å². The molecule has 0 radical (unpaired) electrons. The monoisotopic (exact) mass is 210 g/mol. The van der Waals surface area contributed by atoms with Crippen LogP contribution < -0.4 is 4.80 Å². The highest BCUT2D eigenvalue weighted by Crippen LogP contribution is 2.30. The summed E-state index contributed by atoms with van der Waals surface area (Å²) in [4.78, 5) is 1.99. The van der Waals surface area contributed by atoms with Gasteiger partial charge in [0.2, 0.25) is 0 Å². The van der Waals surface area contributed by atoms with Crippen LogP contribution in [-0.2, 0) is 24.5 Å². The minimum absolute atomic E-state index is 0.713. The standard InChI is InChI=1S/C10H14N2OS/c11-10-12(4-7-2-1-3-7)8-5-13-6-9(8)14-10/h7,11H,1-6H2. The average molecular weight is 210 g/mol. The Kier molecular flexibility index (Phi) is 1.99. The summed E-state index contributed by atoms with van der Waals surface area (Å²) in [5.74, 6) is 0.823. The zero-order valence-corrected chi connectivity index (χ0v) is 8.90. The number of hydrogen-bond acceptors (Lipinski definition) is 3. The zero-order valence-electron chi connectivity index (χ0n) is 8.08. The van der Waals surface area contributed by atoms with Crippen LogP contribution in [0.5, 0.6) is 0 Å². The third kappa shape index (κ3) is 1.25. The highest BCUT2D eigenvalue weighted by atomic mass is 32.1. The Hall–Kier alpha value is -0.610. The van der Waals surface area contributed by atoms with E-state index >= 15 is 0 Å². The lowest BCUT2D eigenvalue weighted by Gasteiger charge is -2.26. The molecule has 0 atom stereocenters. The number of hydrogen-bond donors (Lipinski definition) is 1. The lowest BCUT2D eigenvalue weighted by atomic mass is 9.85. The molecule has 1 aromatic rings. The summed E-state index contributed by atoms with van der Waals surface area (Å²) in [6.07, 6.45) is 4.07. The second kappa shape index (κ2) is 3.21. The second-order valence-corrected chi connectivity index (χ2v) is 5.26. The van der Waals surface area contributed by atoms with Crippen molar-refractivity contribution < 1.29 is 4.74 Å². The first-order valence-corrected chi connectivity index (χ1v) is 6.00. The van der Waals surface area contributed by atoms with Gasteiger partial charge in [0, 0.05) is 6.54 Å². The van der Waals surface area contributed by atoms with Crippen molar-refractivity contribution in [2.45, 2.75) is 39.0 Å². The predicted molar refractivity (Wildman–Crippen MR) is 54.0 cm³/mol. The van der Waals surface area contributed by atoms with Crippen LogP contribution in [0.4, 0.5) is 0 Å². The third-order valence-electron chi connectivity index (χ3n) is 3.25. The van der Waals surface area contributed by atoms with Gasteiger partial charge in [-0.3, -0.25) is 5.41 Å². The summed E-state index contributed by atoms with van der Waals surface area (Å²) in [7, 11) is 0. The van der Waals surface area contributed by atoms with Crippen molar-refractivity contribution in [1.29, 1.82) is 5.41 Å². The van der Waals surface area contributed by atoms with Crippen LogP contribution in [-0.4, -0.2) is 4.57 Å². The van der Waals surface area contributed by atoms with Crippen molar-refractivity contribution in [2.75, 3.05) is 0 Å². The van der Waals surface area contributed by atoms with Gasteiger partial charge in [0.1, 0.15) is 0 Å². The Bertz CT molecular complexity index is 403. The van der Waals surface area contributed by atoms with Gasteiger partial charge < -0.3 is 9.30 Å². The first-order chi connectivity index (χ1) is 6.84. The normalized spacial score (nSPS) is 20.9. The first kappa shape index (κ1) is 8.68. The van der Waals surface area contributed by atoms with E-state index in [1.54, 1.807) is 11.3 Å². The molecular weight excluding hydrogens is 196 g/mol. The first-order valence-electron chi connectivity index (χ1n) is 5.18. The van der Waals surface area contributed by atoms with E-state index in [0.717, 1.165) is 25.7 Å². The van der Waals surface area contributed by atoms with Crippen molar-refractivity contribution in [3.8, 4) is 0 Å². The number of fused-ring (bicyclic) bond motifs is 1. The molecule has 0 spiro atoms.